The van der Waals surface area contributed by atoms with Gasteiger partial charge in [0.2, 0.25) is 10.0 Å². The molecule has 168 valence electrons. The van der Waals surface area contributed by atoms with Gasteiger partial charge in [-0.1, -0.05) is 48.5 Å². The van der Waals surface area contributed by atoms with Gasteiger partial charge in [0.1, 0.15) is 16.4 Å². The highest BCUT2D eigenvalue weighted by Gasteiger charge is 2.26. The molecule has 0 aromatic heterocycles. The molecule has 0 spiro atoms. The Hall–Kier alpha value is -3.36. The standard InChI is InChI=1S/C24H26N2O5S/c1-26(17-18-9-5-4-6-10-18)32(28,29)23-15-19(13-14-22(23)31-3)24(27)25-16-20-11-7-8-12-21(20)30-2/h4-15H,16-17H2,1-3H3,(H,25,27). The largest absolute Gasteiger partial charge is 0.496 e. The third-order valence-electron chi connectivity index (χ3n) is 4.99. The highest BCUT2D eigenvalue weighted by atomic mass is 32.2. The number of rotatable bonds is 9. The van der Waals surface area contributed by atoms with Crippen molar-refractivity contribution in [2.24, 2.45) is 0 Å². The summed E-state index contributed by atoms with van der Waals surface area (Å²) in [6.07, 6.45) is 0. The third kappa shape index (κ3) is 5.27. The van der Waals surface area contributed by atoms with Gasteiger partial charge in [0.25, 0.3) is 5.91 Å². The monoisotopic (exact) mass is 454 g/mol. The number of sulfonamides is 1. The molecule has 3 aromatic rings. The molecule has 0 atom stereocenters. The zero-order chi connectivity index (χ0) is 23.1. The number of benzene rings is 3. The Morgan fingerprint density at radius 2 is 1.56 bits per heavy atom. The van der Waals surface area contributed by atoms with Crippen LogP contribution in [0.3, 0.4) is 0 Å². The first-order chi connectivity index (χ1) is 15.4. The molecule has 8 heteroatoms. The summed E-state index contributed by atoms with van der Waals surface area (Å²) in [6.45, 7) is 0.432. The number of nitrogens with zero attached hydrogens (tertiary/aromatic N) is 1. The van der Waals surface area contributed by atoms with E-state index in [1.807, 2.05) is 54.6 Å². The van der Waals surface area contributed by atoms with E-state index in [1.54, 1.807) is 7.11 Å². The van der Waals surface area contributed by atoms with E-state index in [0.29, 0.717) is 5.75 Å². The molecule has 7 nitrogen and oxygen atoms in total. The minimum absolute atomic E-state index is 0.0663. The molecule has 1 N–H and O–H groups in total. The van der Waals surface area contributed by atoms with Crippen molar-refractivity contribution in [3.63, 3.8) is 0 Å². The summed E-state index contributed by atoms with van der Waals surface area (Å²) in [5.74, 6) is 0.431. The van der Waals surface area contributed by atoms with E-state index < -0.39 is 15.9 Å². The highest BCUT2D eigenvalue weighted by molar-refractivity contribution is 7.89. The molecule has 32 heavy (non-hydrogen) atoms. The molecule has 0 radical (unpaired) electrons. The Morgan fingerprint density at radius 1 is 0.906 bits per heavy atom. The second-order valence-corrected chi connectivity index (χ2v) is 9.12. The fraction of sp³-hybridized carbons (Fsp3) is 0.208. The van der Waals surface area contributed by atoms with Gasteiger partial charge in [0, 0.05) is 31.3 Å². The van der Waals surface area contributed by atoms with Crippen molar-refractivity contribution in [3.05, 3.63) is 89.5 Å². The Balaban J connectivity index is 1.83. The lowest BCUT2D eigenvalue weighted by Gasteiger charge is -2.19. The van der Waals surface area contributed by atoms with Gasteiger partial charge >= 0.3 is 0 Å². The summed E-state index contributed by atoms with van der Waals surface area (Å²) in [7, 11) is 0.549. The van der Waals surface area contributed by atoms with E-state index in [9.17, 15) is 13.2 Å². The number of hydrogen-bond donors (Lipinski definition) is 1. The van der Waals surface area contributed by atoms with Crippen LogP contribution in [0.2, 0.25) is 0 Å². The summed E-state index contributed by atoms with van der Waals surface area (Å²) in [6, 6.07) is 21.0. The van der Waals surface area contributed by atoms with Gasteiger partial charge in [-0.05, 0) is 29.8 Å². The van der Waals surface area contributed by atoms with Crippen molar-refractivity contribution < 1.29 is 22.7 Å². The van der Waals surface area contributed by atoms with Gasteiger partial charge < -0.3 is 14.8 Å². The Bertz CT molecular complexity index is 1180. The molecule has 0 bridgehead atoms. The lowest BCUT2D eigenvalue weighted by atomic mass is 10.1. The molecule has 0 saturated heterocycles. The van der Waals surface area contributed by atoms with Crippen LogP contribution in [0.5, 0.6) is 11.5 Å². The number of methoxy groups -OCH3 is 2. The summed E-state index contributed by atoms with van der Waals surface area (Å²) >= 11 is 0. The molecular weight excluding hydrogens is 428 g/mol. The highest BCUT2D eigenvalue weighted by Crippen LogP contribution is 2.28. The minimum Gasteiger partial charge on any atom is -0.496 e. The Morgan fingerprint density at radius 3 is 2.25 bits per heavy atom. The van der Waals surface area contributed by atoms with Gasteiger partial charge in [-0.25, -0.2) is 8.42 Å². The zero-order valence-electron chi connectivity index (χ0n) is 18.2. The molecule has 0 aliphatic rings. The Labute approximate surface area is 188 Å². The molecular formula is C24H26N2O5S. The van der Waals surface area contributed by atoms with Crippen molar-refractivity contribution in [3.8, 4) is 11.5 Å². The predicted octanol–water partition coefficient (Wildman–Crippen LogP) is 3.45. The number of amides is 1. The SMILES string of the molecule is COc1ccccc1CNC(=O)c1ccc(OC)c(S(=O)(=O)N(C)Cc2ccccc2)c1. The van der Waals surface area contributed by atoms with E-state index in [0.717, 1.165) is 11.1 Å². The van der Waals surface area contributed by atoms with Crippen molar-refractivity contribution in [2.75, 3.05) is 21.3 Å². The smallest absolute Gasteiger partial charge is 0.251 e. The van der Waals surface area contributed by atoms with Crippen LogP contribution >= 0.6 is 0 Å². The van der Waals surface area contributed by atoms with E-state index in [2.05, 4.69) is 5.32 Å². The molecule has 0 fully saturated rings. The van der Waals surface area contributed by atoms with Gasteiger partial charge in [-0.3, -0.25) is 4.79 Å². The molecule has 0 aliphatic heterocycles. The van der Waals surface area contributed by atoms with E-state index in [1.165, 1.54) is 36.7 Å². The summed E-state index contributed by atoms with van der Waals surface area (Å²) in [4.78, 5) is 12.7. The first-order valence-corrected chi connectivity index (χ1v) is 11.4. The predicted molar refractivity (Wildman–Crippen MR) is 122 cm³/mol. The van der Waals surface area contributed by atoms with Crippen LogP contribution in [0.15, 0.2) is 77.7 Å². The maximum absolute atomic E-state index is 13.3. The topological polar surface area (TPSA) is 84.9 Å². The maximum atomic E-state index is 13.3. The van der Waals surface area contributed by atoms with Gasteiger partial charge in [0.15, 0.2) is 0 Å². The molecule has 0 heterocycles. The van der Waals surface area contributed by atoms with Gasteiger partial charge in [-0.15, -0.1) is 0 Å². The van der Waals surface area contributed by atoms with Crippen LogP contribution in [-0.2, 0) is 23.1 Å². The molecule has 0 aliphatic carbocycles. The number of ether oxygens (including phenoxy) is 2. The second-order valence-electron chi connectivity index (χ2n) is 7.11. The number of carbonyl (C=O) groups excluding carboxylic acids is 1. The fourth-order valence-electron chi connectivity index (χ4n) is 3.24. The van der Waals surface area contributed by atoms with Crippen molar-refractivity contribution in [2.45, 2.75) is 18.0 Å². The van der Waals surface area contributed by atoms with Gasteiger partial charge in [0.05, 0.1) is 14.2 Å². The lowest BCUT2D eigenvalue weighted by molar-refractivity contribution is 0.0950. The average molecular weight is 455 g/mol. The van der Waals surface area contributed by atoms with E-state index in [4.69, 9.17) is 9.47 Å². The number of carbonyl (C=O) groups is 1. The summed E-state index contributed by atoms with van der Waals surface area (Å²) in [5, 5.41) is 2.81. The first-order valence-electron chi connectivity index (χ1n) is 9.95. The first kappa shape index (κ1) is 23.3. The molecule has 1 amide bonds. The second kappa shape index (κ2) is 10.3. The summed E-state index contributed by atoms with van der Waals surface area (Å²) in [5.41, 5.74) is 1.88. The van der Waals surface area contributed by atoms with Crippen LogP contribution < -0.4 is 14.8 Å². The third-order valence-corrected chi connectivity index (χ3v) is 6.82. The number of nitrogens with one attached hydrogen (secondary N) is 1. The minimum atomic E-state index is -3.91. The molecule has 0 unspecified atom stereocenters. The van der Waals surface area contributed by atoms with Crippen molar-refractivity contribution >= 4 is 15.9 Å². The van der Waals surface area contributed by atoms with E-state index in [-0.39, 0.29) is 29.3 Å². The fourth-order valence-corrected chi connectivity index (χ4v) is 4.58. The van der Waals surface area contributed by atoms with Gasteiger partial charge in [-0.2, -0.15) is 4.31 Å². The number of hydrogen-bond acceptors (Lipinski definition) is 5. The van der Waals surface area contributed by atoms with Crippen LogP contribution in [-0.4, -0.2) is 39.9 Å². The van der Waals surface area contributed by atoms with Crippen molar-refractivity contribution in [1.82, 2.24) is 9.62 Å². The molecule has 3 rings (SSSR count). The molecule has 0 saturated carbocycles. The number of para-hydroxylation sites is 1. The Kier molecular flexibility index (Phi) is 7.50. The molecule has 3 aromatic carbocycles. The normalized spacial score (nSPS) is 11.2. The van der Waals surface area contributed by atoms with Crippen LogP contribution in [0.25, 0.3) is 0 Å². The van der Waals surface area contributed by atoms with Crippen LogP contribution in [0.4, 0.5) is 0 Å². The maximum Gasteiger partial charge on any atom is 0.251 e. The lowest BCUT2D eigenvalue weighted by Crippen LogP contribution is -2.28. The van der Waals surface area contributed by atoms with Crippen LogP contribution in [0.1, 0.15) is 21.5 Å². The van der Waals surface area contributed by atoms with Crippen molar-refractivity contribution in [1.29, 1.82) is 0 Å². The summed E-state index contributed by atoms with van der Waals surface area (Å²) < 4.78 is 38.3. The van der Waals surface area contributed by atoms with E-state index >= 15 is 0 Å². The van der Waals surface area contributed by atoms with Crippen LogP contribution in [0, 0.1) is 0 Å². The zero-order valence-corrected chi connectivity index (χ0v) is 19.1. The quantitative estimate of drug-likeness (QED) is 0.535. The average Bonchev–Trinajstić information content (AvgIpc) is 2.82.